The molecule has 2 heterocycles. The van der Waals surface area contributed by atoms with Crippen molar-refractivity contribution >= 4 is 21.8 Å². The van der Waals surface area contributed by atoms with Crippen molar-refractivity contribution in [2.45, 2.75) is 33.0 Å². The summed E-state index contributed by atoms with van der Waals surface area (Å²) in [5, 5.41) is 0.718. The van der Waals surface area contributed by atoms with E-state index in [-0.39, 0.29) is 18.1 Å². The number of aryl methyl sites for hydroxylation is 2. The molecule has 2 rings (SSSR count). The normalized spacial score (nSPS) is 24.3. The molecule has 1 aromatic rings. The zero-order chi connectivity index (χ0) is 13.3. The van der Waals surface area contributed by atoms with Crippen LogP contribution in [0.25, 0.3) is 0 Å². The topological polar surface area (TPSA) is 55.6 Å². The third-order valence-corrected chi connectivity index (χ3v) is 3.61. The molecule has 0 spiro atoms. The van der Waals surface area contributed by atoms with E-state index in [2.05, 4.69) is 20.9 Å². The Bertz CT molecular complexity index is 447. The fraction of sp³-hybridized carbons (Fsp3) is 0.667. The highest BCUT2D eigenvalue weighted by Gasteiger charge is 2.30. The Labute approximate surface area is 115 Å². The van der Waals surface area contributed by atoms with Gasteiger partial charge in [0.25, 0.3) is 5.91 Å². The first-order valence-electron chi connectivity index (χ1n) is 5.96. The number of alkyl halides is 1. The van der Waals surface area contributed by atoms with Crippen molar-refractivity contribution in [1.82, 2.24) is 9.88 Å². The molecule has 6 heteroatoms. The summed E-state index contributed by atoms with van der Waals surface area (Å²) in [6.45, 7) is 6.66. The van der Waals surface area contributed by atoms with E-state index in [9.17, 15) is 4.79 Å². The maximum atomic E-state index is 12.4. The second-order valence-electron chi connectivity index (χ2n) is 4.58. The summed E-state index contributed by atoms with van der Waals surface area (Å²) in [7, 11) is 0. The van der Waals surface area contributed by atoms with Crippen LogP contribution in [0.1, 0.15) is 29.1 Å². The zero-order valence-electron chi connectivity index (χ0n) is 10.8. The van der Waals surface area contributed by atoms with Crippen LogP contribution in [0.15, 0.2) is 4.42 Å². The largest absolute Gasteiger partial charge is 0.436 e. The van der Waals surface area contributed by atoms with Crippen molar-refractivity contribution in [3.05, 3.63) is 17.3 Å². The first kappa shape index (κ1) is 13.5. The fourth-order valence-corrected chi connectivity index (χ4v) is 2.53. The van der Waals surface area contributed by atoms with E-state index in [1.807, 2.05) is 6.92 Å². The monoisotopic (exact) mass is 316 g/mol. The minimum absolute atomic E-state index is 0.0297. The van der Waals surface area contributed by atoms with Gasteiger partial charge in [-0.15, -0.1) is 0 Å². The molecule has 2 atom stereocenters. The number of nitrogens with zero attached hydrogens (tertiary/aromatic N) is 2. The highest BCUT2D eigenvalue weighted by atomic mass is 79.9. The minimum atomic E-state index is -0.103. The molecule has 2 unspecified atom stereocenters. The van der Waals surface area contributed by atoms with Gasteiger partial charge < -0.3 is 14.1 Å². The Morgan fingerprint density at radius 2 is 2.22 bits per heavy atom. The van der Waals surface area contributed by atoms with E-state index >= 15 is 0 Å². The number of ether oxygens (including phenoxy) is 1. The molecular formula is C12H17BrN2O3. The van der Waals surface area contributed by atoms with Crippen molar-refractivity contribution in [2.24, 2.45) is 0 Å². The molecule has 5 nitrogen and oxygen atoms in total. The van der Waals surface area contributed by atoms with Crippen LogP contribution >= 0.6 is 15.9 Å². The number of amides is 1. The van der Waals surface area contributed by atoms with Crippen molar-refractivity contribution in [3.63, 3.8) is 0 Å². The van der Waals surface area contributed by atoms with E-state index in [0.717, 1.165) is 5.33 Å². The van der Waals surface area contributed by atoms with E-state index in [4.69, 9.17) is 9.15 Å². The van der Waals surface area contributed by atoms with Gasteiger partial charge in [0.1, 0.15) is 0 Å². The lowest BCUT2D eigenvalue weighted by molar-refractivity contribution is -0.0566. The number of oxazole rings is 1. The smallest absolute Gasteiger partial charge is 0.291 e. The maximum Gasteiger partial charge on any atom is 0.291 e. The summed E-state index contributed by atoms with van der Waals surface area (Å²) in [5.41, 5.74) is 0.645. The summed E-state index contributed by atoms with van der Waals surface area (Å²) in [6.07, 6.45) is 0.0663. The van der Waals surface area contributed by atoms with Gasteiger partial charge in [0.15, 0.2) is 5.89 Å². The van der Waals surface area contributed by atoms with Crippen molar-refractivity contribution in [1.29, 1.82) is 0 Å². The molecule has 0 saturated carbocycles. The second-order valence-corrected chi connectivity index (χ2v) is 5.23. The third kappa shape index (κ3) is 2.75. The molecule has 1 fully saturated rings. The molecule has 1 aliphatic heterocycles. The number of hydrogen-bond donors (Lipinski definition) is 0. The molecule has 0 aliphatic carbocycles. The van der Waals surface area contributed by atoms with E-state index in [1.165, 1.54) is 0 Å². The molecule has 1 aromatic heterocycles. The quantitative estimate of drug-likeness (QED) is 0.782. The van der Waals surface area contributed by atoms with E-state index in [0.29, 0.717) is 30.4 Å². The van der Waals surface area contributed by atoms with Crippen LogP contribution in [-0.2, 0) is 4.74 Å². The Morgan fingerprint density at radius 1 is 1.50 bits per heavy atom. The highest BCUT2D eigenvalue weighted by Crippen LogP contribution is 2.18. The molecule has 1 amide bonds. The maximum absolute atomic E-state index is 12.4. The Hall–Kier alpha value is -0.880. The number of halogens is 1. The molecule has 1 aliphatic rings. The van der Waals surface area contributed by atoms with Crippen LogP contribution in [0, 0.1) is 13.8 Å². The molecular weight excluding hydrogens is 300 g/mol. The van der Waals surface area contributed by atoms with Crippen LogP contribution < -0.4 is 0 Å². The number of hydrogen-bond acceptors (Lipinski definition) is 4. The van der Waals surface area contributed by atoms with Crippen LogP contribution in [0.5, 0.6) is 0 Å². The van der Waals surface area contributed by atoms with Crippen molar-refractivity contribution in [2.75, 3.05) is 18.4 Å². The lowest BCUT2D eigenvalue weighted by Gasteiger charge is -2.35. The minimum Gasteiger partial charge on any atom is -0.436 e. The van der Waals surface area contributed by atoms with Gasteiger partial charge in [-0.3, -0.25) is 4.79 Å². The summed E-state index contributed by atoms with van der Waals surface area (Å²) >= 11 is 3.39. The van der Waals surface area contributed by atoms with Gasteiger partial charge in [-0.05, 0) is 13.8 Å². The van der Waals surface area contributed by atoms with Gasteiger partial charge in [-0.1, -0.05) is 15.9 Å². The SMILES string of the molecule is Cc1nc(C)c(C(=O)N2CC(C)OC(CBr)C2)o1. The number of carbonyl (C=O) groups is 1. The van der Waals surface area contributed by atoms with E-state index < -0.39 is 0 Å². The number of aromatic nitrogens is 1. The van der Waals surface area contributed by atoms with Gasteiger partial charge in [0, 0.05) is 25.3 Å². The fourth-order valence-electron chi connectivity index (χ4n) is 2.17. The molecule has 18 heavy (non-hydrogen) atoms. The average Bonchev–Trinajstić information content (AvgIpc) is 2.66. The number of morpholine rings is 1. The van der Waals surface area contributed by atoms with Gasteiger partial charge in [-0.2, -0.15) is 0 Å². The van der Waals surface area contributed by atoms with Gasteiger partial charge in [0.05, 0.1) is 17.9 Å². The van der Waals surface area contributed by atoms with Crippen LogP contribution in [0.3, 0.4) is 0 Å². The summed E-state index contributed by atoms with van der Waals surface area (Å²) in [4.78, 5) is 18.3. The molecule has 0 bridgehead atoms. The van der Waals surface area contributed by atoms with Crippen LogP contribution in [0.4, 0.5) is 0 Å². The van der Waals surface area contributed by atoms with Gasteiger partial charge in [0.2, 0.25) is 5.76 Å². The molecule has 0 radical (unpaired) electrons. The first-order valence-corrected chi connectivity index (χ1v) is 7.08. The van der Waals surface area contributed by atoms with Crippen molar-refractivity contribution in [3.8, 4) is 0 Å². The van der Waals surface area contributed by atoms with E-state index in [1.54, 1.807) is 18.7 Å². The summed E-state index contributed by atoms with van der Waals surface area (Å²) in [6, 6.07) is 0. The predicted octanol–water partition coefficient (Wildman–Crippen LogP) is 1.92. The Kier molecular flexibility index (Phi) is 4.07. The molecule has 0 aromatic carbocycles. The zero-order valence-corrected chi connectivity index (χ0v) is 12.4. The average molecular weight is 317 g/mol. The predicted molar refractivity (Wildman–Crippen MR) is 70.0 cm³/mol. The van der Waals surface area contributed by atoms with Crippen LogP contribution in [0.2, 0.25) is 0 Å². The first-order chi connectivity index (χ1) is 8.51. The summed E-state index contributed by atoms with van der Waals surface area (Å²) < 4.78 is 11.1. The number of rotatable bonds is 2. The van der Waals surface area contributed by atoms with Crippen molar-refractivity contribution < 1.29 is 13.9 Å². The molecule has 100 valence electrons. The van der Waals surface area contributed by atoms with Crippen LogP contribution in [-0.4, -0.2) is 46.4 Å². The lowest BCUT2D eigenvalue weighted by atomic mass is 10.2. The molecule has 1 saturated heterocycles. The summed E-state index contributed by atoms with van der Waals surface area (Å²) in [5.74, 6) is 0.762. The number of carbonyl (C=O) groups excluding carboxylic acids is 1. The molecule has 0 N–H and O–H groups in total. The third-order valence-electron chi connectivity index (χ3n) is 2.88. The standard InChI is InChI=1S/C12H17BrN2O3/c1-7-5-15(6-10(4-13)17-7)12(16)11-8(2)14-9(3)18-11/h7,10H,4-6H2,1-3H3. The second kappa shape index (κ2) is 5.40. The van der Waals surface area contributed by atoms with Gasteiger partial charge >= 0.3 is 0 Å². The lowest BCUT2D eigenvalue weighted by Crippen LogP contribution is -2.49. The Morgan fingerprint density at radius 3 is 2.78 bits per heavy atom. The van der Waals surface area contributed by atoms with Gasteiger partial charge in [-0.25, -0.2) is 4.98 Å². The Balaban J connectivity index is 2.15. The highest BCUT2D eigenvalue weighted by molar-refractivity contribution is 9.09.